The maximum Gasteiger partial charge on any atom is 0.323 e. The molecule has 2 amide bonds. The minimum Gasteiger partial charge on any atom is -0.311 e. The summed E-state index contributed by atoms with van der Waals surface area (Å²) < 4.78 is 0. The van der Waals surface area contributed by atoms with E-state index in [2.05, 4.69) is 12.2 Å². The fraction of sp³-hybridized carbons (Fsp3) is 0.857. The van der Waals surface area contributed by atoms with Gasteiger partial charge in [0.15, 0.2) is 0 Å². The minimum atomic E-state index is -0.287. The topological polar surface area (TPSA) is 56.2 Å². The van der Waals surface area contributed by atoms with Crippen molar-refractivity contribution in [1.82, 2.24) is 10.2 Å². The van der Waals surface area contributed by atoms with E-state index in [0.29, 0.717) is 11.8 Å². The summed E-state index contributed by atoms with van der Waals surface area (Å²) in [6.07, 6.45) is 7.96. The molecule has 2 saturated carbocycles. The first-order valence-electron chi connectivity index (χ1n) is 7.29. The molecule has 0 radical (unpaired) electrons. The normalized spacial score (nSPS) is 36.9. The van der Waals surface area contributed by atoms with E-state index in [0.717, 1.165) is 38.1 Å². The number of amides is 2. The molecule has 0 bridgehead atoms. The molecule has 18 heavy (non-hydrogen) atoms. The number of nitrogens with one attached hydrogen (secondary N) is 2. The number of hydrogen-bond donors (Lipinski definition) is 2. The third kappa shape index (κ3) is 1.91. The van der Waals surface area contributed by atoms with E-state index in [9.17, 15) is 4.79 Å². The van der Waals surface area contributed by atoms with Crippen LogP contribution in [0.4, 0.5) is 4.79 Å². The molecule has 0 aromatic heterocycles. The molecule has 1 heterocycles. The molecule has 2 aliphatic carbocycles. The van der Waals surface area contributed by atoms with Crippen molar-refractivity contribution in [2.75, 3.05) is 6.54 Å². The molecule has 1 saturated heterocycles. The van der Waals surface area contributed by atoms with Crippen molar-refractivity contribution in [3.05, 3.63) is 0 Å². The summed E-state index contributed by atoms with van der Waals surface area (Å²) in [6.45, 7) is 3.15. The molecule has 2 unspecified atom stereocenters. The Labute approximate surface area is 109 Å². The summed E-state index contributed by atoms with van der Waals surface area (Å²) in [5.41, 5.74) is -0.287. The van der Waals surface area contributed by atoms with E-state index in [1.165, 1.54) is 19.3 Å². The average Bonchev–Trinajstić information content (AvgIpc) is 3.10. The lowest BCUT2D eigenvalue weighted by Crippen LogP contribution is -2.49. The molecule has 0 aromatic carbocycles. The monoisotopic (exact) mass is 249 g/mol. The summed E-state index contributed by atoms with van der Waals surface area (Å²) in [5, 5.41) is 11.0. The highest BCUT2D eigenvalue weighted by molar-refractivity contribution is 6.08. The van der Waals surface area contributed by atoms with Gasteiger partial charge in [0.1, 0.15) is 11.4 Å². The van der Waals surface area contributed by atoms with Crippen molar-refractivity contribution in [3.8, 4) is 0 Å². The summed E-state index contributed by atoms with van der Waals surface area (Å²) in [4.78, 5) is 14.1. The zero-order valence-corrected chi connectivity index (χ0v) is 11.2. The van der Waals surface area contributed by atoms with Gasteiger partial charge in [0.2, 0.25) is 0 Å². The Bertz CT molecular complexity index is 377. The Morgan fingerprint density at radius 2 is 2.11 bits per heavy atom. The lowest BCUT2D eigenvalue weighted by molar-refractivity contribution is 0.157. The van der Waals surface area contributed by atoms with Gasteiger partial charge in [-0.25, -0.2) is 4.79 Å². The van der Waals surface area contributed by atoms with Gasteiger partial charge in [-0.1, -0.05) is 19.8 Å². The Kier molecular flexibility index (Phi) is 2.83. The van der Waals surface area contributed by atoms with Crippen LogP contribution in [0.2, 0.25) is 0 Å². The largest absolute Gasteiger partial charge is 0.323 e. The molecule has 4 heteroatoms. The molecule has 1 spiro atoms. The van der Waals surface area contributed by atoms with Crippen LogP contribution in [0, 0.1) is 17.2 Å². The summed E-state index contributed by atoms with van der Waals surface area (Å²) in [7, 11) is 0. The van der Waals surface area contributed by atoms with Crippen LogP contribution >= 0.6 is 0 Å². The predicted molar refractivity (Wildman–Crippen MR) is 70.7 cm³/mol. The standard InChI is InChI=1S/C14H23N3O/c1-10-3-2-7-14(8-6-10)12(15)16-13(18)17(14)9-11-4-5-11/h10-11H,2-9H2,1H3,(H2,15,16,18). The SMILES string of the molecule is CC1CCCC2(CC1)C(=N)NC(=O)N2CC1CC1. The maximum atomic E-state index is 12.1. The Morgan fingerprint density at radius 3 is 2.83 bits per heavy atom. The smallest absolute Gasteiger partial charge is 0.311 e. The summed E-state index contributed by atoms with van der Waals surface area (Å²) in [5.74, 6) is 1.89. The molecule has 4 nitrogen and oxygen atoms in total. The molecule has 3 rings (SSSR count). The second-order valence-electron chi connectivity index (χ2n) is 6.43. The highest BCUT2D eigenvalue weighted by Gasteiger charge is 2.51. The highest BCUT2D eigenvalue weighted by atomic mass is 16.2. The predicted octanol–water partition coefficient (Wildman–Crippen LogP) is 2.74. The molecule has 3 fully saturated rings. The van der Waals surface area contributed by atoms with Crippen molar-refractivity contribution in [1.29, 1.82) is 5.41 Å². The van der Waals surface area contributed by atoms with Crippen LogP contribution in [0.25, 0.3) is 0 Å². The molecule has 2 atom stereocenters. The Balaban J connectivity index is 1.84. The molecular formula is C14H23N3O. The fourth-order valence-corrected chi connectivity index (χ4v) is 3.45. The van der Waals surface area contributed by atoms with Gasteiger partial charge in [0.25, 0.3) is 0 Å². The van der Waals surface area contributed by atoms with Gasteiger partial charge in [-0.15, -0.1) is 0 Å². The lowest BCUT2D eigenvalue weighted by atomic mass is 9.87. The molecule has 2 N–H and O–H groups in total. The number of urea groups is 1. The van der Waals surface area contributed by atoms with Gasteiger partial charge in [-0.2, -0.15) is 0 Å². The second kappa shape index (κ2) is 4.25. The van der Waals surface area contributed by atoms with Crippen molar-refractivity contribution in [2.24, 2.45) is 11.8 Å². The quantitative estimate of drug-likeness (QED) is 0.776. The van der Waals surface area contributed by atoms with Gasteiger partial charge < -0.3 is 4.90 Å². The number of carbonyl (C=O) groups is 1. The molecular weight excluding hydrogens is 226 g/mol. The van der Waals surface area contributed by atoms with Crippen LogP contribution in [-0.2, 0) is 0 Å². The van der Waals surface area contributed by atoms with E-state index in [-0.39, 0.29) is 11.6 Å². The molecule has 1 aliphatic heterocycles. The minimum absolute atomic E-state index is 0.0264. The van der Waals surface area contributed by atoms with E-state index in [1.54, 1.807) is 0 Å². The Morgan fingerprint density at radius 1 is 1.33 bits per heavy atom. The second-order valence-corrected chi connectivity index (χ2v) is 6.43. The number of rotatable bonds is 2. The summed E-state index contributed by atoms with van der Waals surface area (Å²) in [6, 6.07) is -0.0264. The van der Waals surface area contributed by atoms with Crippen molar-refractivity contribution in [2.45, 2.75) is 57.4 Å². The first-order chi connectivity index (χ1) is 8.62. The first-order valence-corrected chi connectivity index (χ1v) is 7.29. The van der Waals surface area contributed by atoms with Gasteiger partial charge in [-0.05, 0) is 43.9 Å². The van der Waals surface area contributed by atoms with Crippen molar-refractivity contribution >= 4 is 11.9 Å². The Hall–Kier alpha value is -1.06. The zero-order chi connectivity index (χ0) is 12.8. The number of hydrogen-bond acceptors (Lipinski definition) is 2. The van der Waals surface area contributed by atoms with Crippen LogP contribution in [0.3, 0.4) is 0 Å². The van der Waals surface area contributed by atoms with Crippen molar-refractivity contribution < 1.29 is 4.79 Å². The summed E-state index contributed by atoms with van der Waals surface area (Å²) >= 11 is 0. The number of amidine groups is 1. The molecule has 3 aliphatic rings. The first kappa shape index (κ1) is 12.0. The van der Waals surface area contributed by atoms with E-state index >= 15 is 0 Å². The number of nitrogens with zero attached hydrogens (tertiary/aromatic N) is 1. The van der Waals surface area contributed by atoms with E-state index < -0.39 is 0 Å². The maximum absolute atomic E-state index is 12.1. The number of carbonyl (C=O) groups excluding carboxylic acids is 1. The van der Waals surface area contributed by atoms with E-state index in [4.69, 9.17) is 5.41 Å². The average molecular weight is 249 g/mol. The van der Waals surface area contributed by atoms with E-state index in [1.807, 2.05) is 4.90 Å². The third-order valence-corrected chi connectivity index (χ3v) is 4.93. The van der Waals surface area contributed by atoms with Crippen LogP contribution in [0.1, 0.15) is 51.9 Å². The highest BCUT2D eigenvalue weighted by Crippen LogP contribution is 2.41. The lowest BCUT2D eigenvalue weighted by Gasteiger charge is -2.36. The molecule has 0 aromatic rings. The van der Waals surface area contributed by atoms with Gasteiger partial charge in [0, 0.05) is 6.54 Å². The van der Waals surface area contributed by atoms with Gasteiger partial charge in [-0.3, -0.25) is 10.7 Å². The van der Waals surface area contributed by atoms with Crippen LogP contribution in [0.5, 0.6) is 0 Å². The van der Waals surface area contributed by atoms with Crippen LogP contribution in [0.15, 0.2) is 0 Å². The molecule has 100 valence electrons. The van der Waals surface area contributed by atoms with Crippen LogP contribution < -0.4 is 5.32 Å². The van der Waals surface area contributed by atoms with Gasteiger partial charge in [0.05, 0.1) is 0 Å². The van der Waals surface area contributed by atoms with Crippen LogP contribution in [-0.4, -0.2) is 28.9 Å². The third-order valence-electron chi connectivity index (χ3n) is 4.93. The fourth-order valence-electron chi connectivity index (χ4n) is 3.45. The van der Waals surface area contributed by atoms with Gasteiger partial charge >= 0.3 is 6.03 Å². The van der Waals surface area contributed by atoms with Crippen molar-refractivity contribution in [3.63, 3.8) is 0 Å². The zero-order valence-electron chi connectivity index (χ0n) is 11.2.